The minimum absolute atomic E-state index is 0.168. The fourth-order valence-electron chi connectivity index (χ4n) is 1.20. The Morgan fingerprint density at radius 1 is 1.31 bits per heavy atom. The lowest BCUT2D eigenvalue weighted by Crippen LogP contribution is -2.08. The summed E-state index contributed by atoms with van der Waals surface area (Å²) >= 11 is 3.11. The molecule has 0 bridgehead atoms. The van der Waals surface area contributed by atoms with E-state index in [0.717, 1.165) is 6.07 Å². The van der Waals surface area contributed by atoms with Crippen LogP contribution in [0.1, 0.15) is 11.5 Å². The van der Waals surface area contributed by atoms with Crippen LogP contribution in [0.25, 0.3) is 0 Å². The number of furan rings is 1. The SMILES string of the molecule is FC(F)(F)c1ccn(Cc2ccc(Br)o2)n1. The number of nitrogens with zero attached hydrogens (tertiary/aromatic N) is 2. The number of alkyl halides is 3. The van der Waals surface area contributed by atoms with Crippen LogP contribution in [-0.4, -0.2) is 9.78 Å². The van der Waals surface area contributed by atoms with Crippen LogP contribution in [0, 0.1) is 0 Å². The molecule has 0 spiro atoms. The molecule has 3 nitrogen and oxygen atoms in total. The number of halogens is 4. The van der Waals surface area contributed by atoms with Gasteiger partial charge in [-0.3, -0.25) is 4.68 Å². The molecule has 7 heteroatoms. The van der Waals surface area contributed by atoms with Crippen molar-refractivity contribution < 1.29 is 17.6 Å². The van der Waals surface area contributed by atoms with Crippen LogP contribution >= 0.6 is 15.9 Å². The number of hydrogen-bond donors (Lipinski definition) is 0. The maximum atomic E-state index is 12.2. The molecule has 2 aromatic heterocycles. The standard InChI is InChI=1S/C9H6BrF3N2O/c10-8-2-1-6(16-8)5-15-4-3-7(14-15)9(11,12)13/h1-4H,5H2. The van der Waals surface area contributed by atoms with Crippen molar-refractivity contribution in [1.29, 1.82) is 0 Å². The first kappa shape index (κ1) is 11.3. The van der Waals surface area contributed by atoms with Crippen molar-refractivity contribution in [3.05, 3.63) is 40.5 Å². The van der Waals surface area contributed by atoms with Crippen LogP contribution in [0.15, 0.2) is 33.5 Å². The van der Waals surface area contributed by atoms with E-state index in [1.54, 1.807) is 12.1 Å². The lowest BCUT2D eigenvalue weighted by molar-refractivity contribution is -0.141. The van der Waals surface area contributed by atoms with Gasteiger partial charge in [0.15, 0.2) is 10.4 Å². The van der Waals surface area contributed by atoms with Crippen LogP contribution in [-0.2, 0) is 12.7 Å². The Balaban J connectivity index is 2.14. The van der Waals surface area contributed by atoms with Crippen molar-refractivity contribution in [3.8, 4) is 0 Å². The Kier molecular flexibility index (Phi) is 2.79. The summed E-state index contributed by atoms with van der Waals surface area (Å²) in [6.45, 7) is 0.168. The molecule has 0 fully saturated rings. The largest absolute Gasteiger partial charge is 0.452 e. The third-order valence-electron chi connectivity index (χ3n) is 1.88. The number of hydrogen-bond acceptors (Lipinski definition) is 2. The first-order chi connectivity index (χ1) is 7.45. The Morgan fingerprint density at radius 3 is 2.56 bits per heavy atom. The fourth-order valence-corrected chi connectivity index (χ4v) is 1.54. The predicted molar refractivity (Wildman–Crippen MR) is 52.7 cm³/mol. The molecule has 0 saturated heterocycles. The van der Waals surface area contributed by atoms with Gasteiger partial charge in [-0.05, 0) is 34.1 Å². The lowest BCUT2D eigenvalue weighted by Gasteiger charge is -2.01. The second kappa shape index (κ2) is 3.97. The van der Waals surface area contributed by atoms with Crippen LogP contribution < -0.4 is 0 Å². The molecule has 0 unspecified atom stereocenters. The molecule has 0 N–H and O–H groups in total. The second-order valence-corrected chi connectivity index (χ2v) is 3.88. The van der Waals surface area contributed by atoms with E-state index in [1.165, 1.54) is 10.9 Å². The first-order valence-electron chi connectivity index (χ1n) is 4.30. The maximum absolute atomic E-state index is 12.2. The summed E-state index contributed by atoms with van der Waals surface area (Å²) in [4.78, 5) is 0. The summed E-state index contributed by atoms with van der Waals surface area (Å²) in [7, 11) is 0. The van der Waals surface area contributed by atoms with Gasteiger partial charge in [-0.2, -0.15) is 18.3 Å². The van der Waals surface area contributed by atoms with Gasteiger partial charge in [-0.25, -0.2) is 0 Å². The normalized spacial score (nSPS) is 12.0. The highest BCUT2D eigenvalue weighted by atomic mass is 79.9. The summed E-state index contributed by atoms with van der Waals surface area (Å²) in [6.07, 6.45) is -3.14. The molecule has 2 rings (SSSR count). The van der Waals surface area contributed by atoms with E-state index < -0.39 is 11.9 Å². The highest BCUT2D eigenvalue weighted by molar-refractivity contribution is 9.10. The van der Waals surface area contributed by atoms with E-state index in [0.29, 0.717) is 10.4 Å². The number of rotatable bonds is 2. The van der Waals surface area contributed by atoms with Crippen molar-refractivity contribution in [2.24, 2.45) is 0 Å². The minimum atomic E-state index is -4.41. The van der Waals surface area contributed by atoms with E-state index in [2.05, 4.69) is 21.0 Å². The topological polar surface area (TPSA) is 31.0 Å². The predicted octanol–water partition coefficient (Wildman–Crippen LogP) is 3.31. The molecule has 0 aliphatic carbocycles. The highest BCUT2D eigenvalue weighted by Crippen LogP contribution is 2.27. The third-order valence-corrected chi connectivity index (χ3v) is 2.30. The zero-order valence-corrected chi connectivity index (χ0v) is 9.42. The van der Waals surface area contributed by atoms with E-state index in [9.17, 15) is 13.2 Å². The zero-order chi connectivity index (χ0) is 11.8. The average molecular weight is 295 g/mol. The molecule has 0 aliphatic heterocycles. The molecule has 2 aromatic rings. The molecule has 0 aliphatic rings. The van der Waals surface area contributed by atoms with Gasteiger partial charge in [-0.1, -0.05) is 0 Å². The molecular formula is C9H6BrF3N2O. The van der Waals surface area contributed by atoms with Gasteiger partial charge in [0, 0.05) is 6.20 Å². The van der Waals surface area contributed by atoms with Crippen molar-refractivity contribution in [2.45, 2.75) is 12.7 Å². The van der Waals surface area contributed by atoms with E-state index >= 15 is 0 Å². The van der Waals surface area contributed by atoms with Crippen LogP contribution in [0.3, 0.4) is 0 Å². The molecule has 0 saturated carbocycles. The molecule has 2 heterocycles. The summed E-state index contributed by atoms with van der Waals surface area (Å²) in [5.74, 6) is 0.531. The van der Waals surface area contributed by atoms with Gasteiger partial charge in [-0.15, -0.1) is 0 Å². The van der Waals surface area contributed by atoms with E-state index in [-0.39, 0.29) is 6.54 Å². The average Bonchev–Trinajstić information content (AvgIpc) is 2.74. The van der Waals surface area contributed by atoms with Crippen LogP contribution in [0.2, 0.25) is 0 Å². The number of aromatic nitrogens is 2. The van der Waals surface area contributed by atoms with Gasteiger partial charge >= 0.3 is 6.18 Å². The summed E-state index contributed by atoms with van der Waals surface area (Å²) < 4.78 is 43.6. The van der Waals surface area contributed by atoms with Gasteiger partial charge < -0.3 is 4.42 Å². The van der Waals surface area contributed by atoms with Crippen LogP contribution in [0.4, 0.5) is 13.2 Å². The first-order valence-corrected chi connectivity index (χ1v) is 5.09. The molecular weight excluding hydrogens is 289 g/mol. The van der Waals surface area contributed by atoms with Crippen molar-refractivity contribution >= 4 is 15.9 Å². The van der Waals surface area contributed by atoms with E-state index in [4.69, 9.17) is 4.42 Å². The quantitative estimate of drug-likeness (QED) is 0.851. The summed E-state index contributed by atoms with van der Waals surface area (Å²) in [6, 6.07) is 4.26. The summed E-state index contributed by atoms with van der Waals surface area (Å²) in [5.41, 5.74) is -0.905. The molecule has 0 atom stereocenters. The van der Waals surface area contributed by atoms with E-state index in [1.807, 2.05) is 0 Å². The summed E-state index contributed by atoms with van der Waals surface area (Å²) in [5, 5.41) is 3.40. The Hall–Kier alpha value is -1.24. The Labute approximate surface area is 97.0 Å². The van der Waals surface area contributed by atoms with Crippen molar-refractivity contribution in [2.75, 3.05) is 0 Å². The Morgan fingerprint density at radius 2 is 2.06 bits per heavy atom. The maximum Gasteiger partial charge on any atom is 0.435 e. The molecule has 0 radical (unpaired) electrons. The van der Waals surface area contributed by atoms with Crippen molar-refractivity contribution in [3.63, 3.8) is 0 Å². The van der Waals surface area contributed by atoms with Gasteiger partial charge in [0.25, 0.3) is 0 Å². The monoisotopic (exact) mass is 294 g/mol. The van der Waals surface area contributed by atoms with Gasteiger partial charge in [0.05, 0.1) is 6.54 Å². The van der Waals surface area contributed by atoms with Gasteiger partial charge in [0.2, 0.25) is 0 Å². The third kappa shape index (κ3) is 2.46. The molecule has 16 heavy (non-hydrogen) atoms. The minimum Gasteiger partial charge on any atom is -0.452 e. The Bertz CT molecular complexity index is 489. The van der Waals surface area contributed by atoms with Gasteiger partial charge in [0.1, 0.15) is 5.76 Å². The second-order valence-electron chi connectivity index (χ2n) is 3.10. The van der Waals surface area contributed by atoms with Crippen LogP contribution in [0.5, 0.6) is 0 Å². The molecule has 0 amide bonds. The zero-order valence-electron chi connectivity index (χ0n) is 7.83. The molecule has 0 aromatic carbocycles. The smallest absolute Gasteiger partial charge is 0.435 e. The highest BCUT2D eigenvalue weighted by Gasteiger charge is 2.33. The lowest BCUT2D eigenvalue weighted by atomic mass is 10.4. The molecule has 86 valence electrons. The van der Waals surface area contributed by atoms with Crippen molar-refractivity contribution in [1.82, 2.24) is 9.78 Å². The fraction of sp³-hybridized carbons (Fsp3) is 0.222.